The fraction of sp³-hybridized carbons (Fsp3) is 1.00. The van der Waals surface area contributed by atoms with E-state index in [1.165, 1.54) is 0 Å². The maximum Gasteiger partial charge on any atom is 0.0497 e. The summed E-state index contributed by atoms with van der Waals surface area (Å²) in [7, 11) is 6.26. The first-order valence-corrected chi connectivity index (χ1v) is 3.00. The van der Waals surface area contributed by atoms with Crippen LogP contribution in [0.3, 0.4) is 0 Å². The van der Waals surface area contributed by atoms with Gasteiger partial charge in [0.1, 0.15) is 0 Å². The summed E-state index contributed by atoms with van der Waals surface area (Å²) in [5.41, 5.74) is 0. The second-order valence-corrected chi connectivity index (χ2v) is 2.39. The molecule has 0 fully saturated rings. The van der Waals surface area contributed by atoms with Crippen LogP contribution in [-0.2, 0) is 0 Å². The molecule has 0 rings (SSSR count). The highest BCUT2D eigenvalue weighted by atomic mass is 15.3. The normalized spacial score (nSPS) is 5.29. The maximum atomic E-state index is 2.25. The number of rotatable bonds is 3. The van der Waals surface area contributed by atoms with E-state index in [0.717, 1.165) is 13.2 Å². The minimum Gasteiger partial charge on any atom is -0.297 e. The van der Waals surface area contributed by atoms with Gasteiger partial charge in [-0.1, -0.05) is 73.8 Å². The zero-order valence-electron chi connectivity index (χ0n) is 6.31. The molecule has 2 nitrogen and oxygen atoms in total. The zero-order chi connectivity index (χ0) is 6.57. The summed E-state index contributed by atoms with van der Waals surface area (Å²) in [6, 6.07) is 0. The highest BCUT2D eigenvalue weighted by molar-refractivity contribution is 4.41. The molecule has 0 N–H and O–H groups in total. The van der Waals surface area contributed by atoms with E-state index in [4.69, 9.17) is 0 Å². The first kappa shape index (κ1) is 89.6. The molecule has 0 radical (unpaired) electrons. The van der Waals surface area contributed by atoms with E-state index in [1.54, 1.807) is 0 Å². The van der Waals surface area contributed by atoms with Crippen LogP contribution >= 0.6 is 0 Å². The topological polar surface area (TPSA) is 6.48 Å². The quantitative estimate of drug-likeness (QED) is 0.559. The van der Waals surface area contributed by atoms with Crippen LogP contribution in [0.5, 0.6) is 0 Å². The highest BCUT2D eigenvalue weighted by Crippen LogP contribution is 1.80. The molecule has 0 unspecified atom stereocenters. The molecule has 0 saturated heterocycles. The molecule has 122 valence electrons. The Morgan fingerprint density at radius 2 is 0.824 bits per heavy atom. The molecule has 0 aromatic carbocycles. The van der Waals surface area contributed by atoms with Gasteiger partial charge in [-0.15, -0.1) is 0 Å². The predicted octanol–water partition coefficient (Wildman–Crippen LogP) is 6.18. The van der Waals surface area contributed by atoms with Crippen molar-refractivity contribution in [2.24, 2.45) is 0 Å². The van der Waals surface area contributed by atoms with Gasteiger partial charge in [-0.05, 0) is 27.7 Å². The van der Waals surface area contributed by atoms with Crippen molar-refractivity contribution in [3.05, 3.63) is 0 Å². The van der Waals surface area contributed by atoms with Crippen molar-refractivity contribution >= 4 is 0 Å². The van der Waals surface area contributed by atoms with Gasteiger partial charge in [0.05, 0.1) is 0 Å². The summed E-state index contributed by atoms with van der Waals surface area (Å²) in [6.45, 7) is 4.33. The van der Waals surface area contributed by atoms with Gasteiger partial charge in [-0.2, -0.15) is 0 Å². The summed E-state index contributed by atoms with van der Waals surface area (Å²) in [5, 5.41) is 0. The van der Waals surface area contributed by atoms with Crippen LogP contribution in [0, 0.1) is 0 Å². The van der Waals surface area contributed by atoms with Gasteiger partial charge in [0.2, 0.25) is 0 Å². The Balaban J connectivity index is -0.00000000681. The van der Waals surface area contributed by atoms with Crippen LogP contribution < -0.4 is 0 Å². The maximum absolute atomic E-state index is 2.25. The van der Waals surface area contributed by atoms with Gasteiger partial charge in [-0.3, -0.25) is 9.80 Å². The molecule has 0 bridgehead atoms. The Labute approximate surface area is 118 Å². The average molecular weight is 261 g/mol. The van der Waals surface area contributed by atoms with Crippen LogP contribution in [0.1, 0.15) is 73.8 Å². The molecule has 0 aliphatic carbocycles. The molecule has 0 aromatic rings. The second kappa shape index (κ2) is 56.5. The molecule has 0 aromatic heterocycles. The third kappa shape index (κ3) is 88.0. The fourth-order valence-electron chi connectivity index (χ4n) is 0.583. The number of hydrogen-bond donors (Lipinski definition) is 0. The van der Waals surface area contributed by atoms with Crippen LogP contribution in [0.4, 0.5) is 0 Å². The van der Waals surface area contributed by atoms with Crippen molar-refractivity contribution in [2.75, 3.05) is 34.4 Å². The third-order valence-electron chi connectivity index (χ3n) is 1.06. The summed E-state index contributed by atoms with van der Waals surface area (Å²) >= 11 is 0. The van der Waals surface area contributed by atoms with E-state index < -0.39 is 0 Å². The molecular weight excluding hydrogens is 208 g/mol. The summed E-state index contributed by atoms with van der Waals surface area (Å²) in [6.07, 6.45) is 0. The highest BCUT2D eigenvalue weighted by Gasteiger charge is 1.92. The van der Waals surface area contributed by atoms with Crippen LogP contribution in [-0.4, -0.2) is 44.2 Å². The average Bonchev–Trinajstić information content (AvgIpc) is 1.65. The lowest BCUT2D eigenvalue weighted by molar-refractivity contribution is 0.219. The standard InChI is InChI=1S/C6H16N2.9CH4/c1-5-8(4)6-7(2)3;;;;;;;;;/h5-6H2,1-4H3;9*1H4. The van der Waals surface area contributed by atoms with Crippen molar-refractivity contribution in [2.45, 2.75) is 73.8 Å². The van der Waals surface area contributed by atoms with Crippen LogP contribution in [0.2, 0.25) is 0 Å². The largest absolute Gasteiger partial charge is 0.297 e. The van der Waals surface area contributed by atoms with Crippen molar-refractivity contribution in [3.63, 3.8) is 0 Å². The molecule has 0 saturated carbocycles. The van der Waals surface area contributed by atoms with E-state index in [0.29, 0.717) is 0 Å². The summed E-state index contributed by atoms with van der Waals surface area (Å²) in [4.78, 5) is 4.41. The molecule has 0 aliphatic heterocycles. The van der Waals surface area contributed by atoms with Gasteiger partial charge < -0.3 is 0 Å². The lowest BCUT2D eigenvalue weighted by Gasteiger charge is -2.18. The van der Waals surface area contributed by atoms with E-state index in [1.807, 2.05) is 0 Å². The lowest BCUT2D eigenvalue weighted by atomic mass is 10.6. The molecule has 2 heteroatoms. The van der Waals surface area contributed by atoms with Crippen molar-refractivity contribution in [3.8, 4) is 0 Å². The van der Waals surface area contributed by atoms with Crippen LogP contribution in [0.15, 0.2) is 0 Å². The first-order valence-electron chi connectivity index (χ1n) is 3.00. The Kier molecular flexibility index (Phi) is 298. The van der Waals surface area contributed by atoms with Gasteiger partial charge in [0, 0.05) is 6.67 Å². The molecular formula is C15H52N2. The Bertz CT molecular complexity index is 54.9. The minimum atomic E-state index is 0. The summed E-state index contributed by atoms with van der Waals surface area (Å²) in [5.74, 6) is 0. The fourth-order valence-corrected chi connectivity index (χ4v) is 0.583. The van der Waals surface area contributed by atoms with Gasteiger partial charge in [-0.25, -0.2) is 0 Å². The van der Waals surface area contributed by atoms with Gasteiger partial charge >= 0.3 is 0 Å². The smallest absolute Gasteiger partial charge is 0.0497 e. The summed E-state index contributed by atoms with van der Waals surface area (Å²) < 4.78 is 0. The second-order valence-electron chi connectivity index (χ2n) is 2.39. The van der Waals surface area contributed by atoms with Crippen molar-refractivity contribution in [1.29, 1.82) is 0 Å². The molecule has 0 heterocycles. The SMILES string of the molecule is C.C.C.C.C.C.C.C.C.CCN(C)CN(C)C. The van der Waals surface area contributed by atoms with E-state index in [2.05, 4.69) is 37.9 Å². The van der Waals surface area contributed by atoms with Crippen molar-refractivity contribution < 1.29 is 0 Å². The first-order chi connectivity index (χ1) is 3.66. The molecule has 17 heavy (non-hydrogen) atoms. The molecule has 0 amide bonds. The van der Waals surface area contributed by atoms with Crippen molar-refractivity contribution in [1.82, 2.24) is 9.80 Å². The van der Waals surface area contributed by atoms with E-state index in [9.17, 15) is 0 Å². The Morgan fingerprint density at radius 1 is 0.588 bits per heavy atom. The van der Waals surface area contributed by atoms with E-state index >= 15 is 0 Å². The van der Waals surface area contributed by atoms with E-state index in [-0.39, 0.29) is 66.8 Å². The third-order valence-corrected chi connectivity index (χ3v) is 1.06. The predicted molar refractivity (Wildman–Crippen MR) is 97.4 cm³/mol. The molecule has 0 spiro atoms. The Hall–Kier alpha value is -0.0800. The van der Waals surface area contributed by atoms with Gasteiger partial charge in [0.15, 0.2) is 0 Å². The number of nitrogens with zero attached hydrogens (tertiary/aromatic N) is 2. The zero-order valence-corrected chi connectivity index (χ0v) is 6.31. The van der Waals surface area contributed by atoms with Crippen LogP contribution in [0.25, 0.3) is 0 Å². The lowest BCUT2D eigenvalue weighted by Crippen LogP contribution is -2.29. The minimum absolute atomic E-state index is 0. The molecule has 0 atom stereocenters. The molecule has 0 aliphatic rings. The monoisotopic (exact) mass is 260 g/mol. The van der Waals surface area contributed by atoms with Gasteiger partial charge in [0.25, 0.3) is 0 Å². The Morgan fingerprint density at radius 3 is 0.882 bits per heavy atom. The number of hydrogen-bond acceptors (Lipinski definition) is 2.